The molecule has 176 valence electrons. The van der Waals surface area contributed by atoms with Crippen molar-refractivity contribution in [1.82, 2.24) is 9.88 Å². The SMILES string of the molecule is CC1=C(c2cccnc2C)C(c2ccc(OCCN3CC(CF)C3)cc2)Oc2ccc(O)cc21. The molecule has 34 heavy (non-hydrogen) atoms. The van der Waals surface area contributed by atoms with E-state index in [0.717, 1.165) is 64.7 Å². The maximum Gasteiger partial charge on any atom is 0.150 e. The van der Waals surface area contributed by atoms with Crippen LogP contribution in [0, 0.1) is 12.8 Å². The van der Waals surface area contributed by atoms with Gasteiger partial charge in [0.25, 0.3) is 0 Å². The van der Waals surface area contributed by atoms with Crippen LogP contribution in [0.5, 0.6) is 17.2 Å². The van der Waals surface area contributed by atoms with E-state index in [-0.39, 0.29) is 24.4 Å². The number of hydrogen-bond donors (Lipinski definition) is 1. The summed E-state index contributed by atoms with van der Waals surface area (Å²) in [7, 11) is 0. The van der Waals surface area contributed by atoms with Crippen LogP contribution in [0.1, 0.15) is 35.4 Å². The lowest BCUT2D eigenvalue weighted by atomic mass is 9.85. The molecule has 5 rings (SSSR count). The van der Waals surface area contributed by atoms with Crippen LogP contribution in [0.25, 0.3) is 11.1 Å². The number of rotatable bonds is 7. The quantitative estimate of drug-likeness (QED) is 0.509. The average Bonchev–Trinajstić information content (AvgIpc) is 2.82. The number of phenols is 1. The van der Waals surface area contributed by atoms with Gasteiger partial charge in [-0.05, 0) is 61.4 Å². The normalized spacial score (nSPS) is 18.3. The number of ether oxygens (including phenoxy) is 2. The molecule has 0 radical (unpaired) electrons. The molecular formula is C28H29FN2O3. The summed E-state index contributed by atoms with van der Waals surface area (Å²) >= 11 is 0. The summed E-state index contributed by atoms with van der Waals surface area (Å²) in [5, 5.41) is 10.1. The number of fused-ring (bicyclic) bond motifs is 1. The first-order valence-corrected chi connectivity index (χ1v) is 11.7. The standard InChI is InChI=1S/C28H29FN2O3/c1-18-25-14-22(32)7-10-26(25)34-28(27(18)24-4-3-11-30-19(24)2)21-5-8-23(9-6-21)33-13-12-31-16-20(15-29)17-31/h3-11,14,20,28,32H,12-13,15-17H2,1-2H3. The lowest BCUT2D eigenvalue weighted by molar-refractivity contribution is 0.0668. The second-order valence-corrected chi connectivity index (χ2v) is 9.05. The molecule has 1 unspecified atom stereocenters. The van der Waals surface area contributed by atoms with Gasteiger partial charge >= 0.3 is 0 Å². The Labute approximate surface area is 199 Å². The number of likely N-dealkylation sites (tertiary alicyclic amines) is 1. The van der Waals surface area contributed by atoms with Gasteiger partial charge in [-0.3, -0.25) is 14.3 Å². The second kappa shape index (κ2) is 9.47. The number of allylic oxidation sites excluding steroid dienone is 1. The Kier molecular flexibility index (Phi) is 6.24. The van der Waals surface area contributed by atoms with E-state index in [1.807, 2.05) is 43.3 Å². The van der Waals surface area contributed by atoms with Crippen LogP contribution in [0.4, 0.5) is 4.39 Å². The van der Waals surface area contributed by atoms with Crippen molar-refractivity contribution in [2.24, 2.45) is 5.92 Å². The van der Waals surface area contributed by atoms with Crippen LogP contribution >= 0.6 is 0 Å². The zero-order valence-electron chi connectivity index (χ0n) is 19.5. The smallest absolute Gasteiger partial charge is 0.150 e. The molecule has 1 atom stereocenters. The highest BCUT2D eigenvalue weighted by atomic mass is 19.1. The number of benzene rings is 2. The third kappa shape index (κ3) is 4.38. The van der Waals surface area contributed by atoms with Gasteiger partial charge in [0.2, 0.25) is 0 Å². The fourth-order valence-corrected chi connectivity index (χ4v) is 4.78. The number of aromatic hydroxyl groups is 1. The summed E-state index contributed by atoms with van der Waals surface area (Å²) in [6.07, 6.45) is 1.48. The van der Waals surface area contributed by atoms with Crippen molar-refractivity contribution in [2.75, 3.05) is 32.9 Å². The van der Waals surface area contributed by atoms with Gasteiger partial charge in [-0.15, -0.1) is 0 Å². The van der Waals surface area contributed by atoms with Gasteiger partial charge in [0, 0.05) is 54.1 Å². The molecule has 0 aliphatic carbocycles. The highest BCUT2D eigenvalue weighted by molar-refractivity contribution is 5.96. The largest absolute Gasteiger partial charge is 0.508 e. The van der Waals surface area contributed by atoms with Gasteiger partial charge < -0.3 is 14.6 Å². The summed E-state index contributed by atoms with van der Waals surface area (Å²) in [4.78, 5) is 6.70. The monoisotopic (exact) mass is 460 g/mol. The number of pyridine rings is 1. The molecule has 6 heteroatoms. The summed E-state index contributed by atoms with van der Waals surface area (Å²) in [5.74, 6) is 1.94. The highest BCUT2D eigenvalue weighted by Crippen LogP contribution is 2.47. The Morgan fingerprint density at radius 2 is 1.88 bits per heavy atom. The third-order valence-corrected chi connectivity index (χ3v) is 6.69. The molecule has 5 nitrogen and oxygen atoms in total. The minimum atomic E-state index is -0.312. The number of nitrogens with zero attached hydrogens (tertiary/aromatic N) is 2. The molecule has 2 aliphatic heterocycles. The number of halogens is 1. The molecule has 1 fully saturated rings. The Morgan fingerprint density at radius 1 is 1.09 bits per heavy atom. The van der Waals surface area contributed by atoms with Gasteiger partial charge in [0.15, 0.2) is 0 Å². The molecule has 2 aromatic carbocycles. The fourth-order valence-electron chi connectivity index (χ4n) is 4.78. The van der Waals surface area contributed by atoms with Crippen molar-refractivity contribution in [3.8, 4) is 17.2 Å². The van der Waals surface area contributed by atoms with E-state index in [2.05, 4.69) is 22.9 Å². The maximum atomic E-state index is 12.6. The number of aromatic nitrogens is 1. The summed E-state index contributed by atoms with van der Waals surface area (Å²) in [6.45, 7) is 6.85. The molecular weight excluding hydrogens is 431 g/mol. The Bertz CT molecular complexity index is 1200. The van der Waals surface area contributed by atoms with Gasteiger partial charge in [-0.2, -0.15) is 0 Å². The van der Waals surface area contributed by atoms with Gasteiger partial charge in [-0.25, -0.2) is 0 Å². The molecule has 2 aliphatic rings. The Hall–Kier alpha value is -3.38. The van der Waals surface area contributed by atoms with E-state index >= 15 is 0 Å². The first kappa shape index (κ1) is 22.4. The van der Waals surface area contributed by atoms with Crippen LogP contribution < -0.4 is 9.47 Å². The second-order valence-electron chi connectivity index (χ2n) is 9.05. The van der Waals surface area contributed by atoms with Crippen molar-refractivity contribution in [3.05, 3.63) is 83.2 Å². The number of alkyl halides is 1. The topological polar surface area (TPSA) is 54.8 Å². The molecule has 3 heterocycles. The number of phenolic OH excluding ortho intramolecular Hbond substituents is 1. The highest BCUT2D eigenvalue weighted by Gasteiger charge is 2.30. The van der Waals surface area contributed by atoms with Gasteiger partial charge in [0.1, 0.15) is 30.0 Å². The van der Waals surface area contributed by atoms with E-state index in [9.17, 15) is 9.50 Å². The first-order chi connectivity index (χ1) is 16.5. The van der Waals surface area contributed by atoms with Crippen LogP contribution in [0.3, 0.4) is 0 Å². The summed E-state index contributed by atoms with van der Waals surface area (Å²) in [5.41, 5.74) is 5.94. The summed E-state index contributed by atoms with van der Waals surface area (Å²) in [6, 6.07) is 17.2. The van der Waals surface area contributed by atoms with Crippen LogP contribution in [-0.2, 0) is 0 Å². The van der Waals surface area contributed by atoms with Crippen LogP contribution in [-0.4, -0.2) is 47.9 Å². The lowest BCUT2D eigenvalue weighted by Gasteiger charge is -2.37. The number of hydrogen-bond acceptors (Lipinski definition) is 5. The lowest BCUT2D eigenvalue weighted by Crippen LogP contribution is -2.49. The first-order valence-electron chi connectivity index (χ1n) is 11.7. The fraction of sp³-hybridized carbons (Fsp3) is 0.321. The minimum absolute atomic E-state index is 0.193. The molecule has 0 spiro atoms. The van der Waals surface area contributed by atoms with Crippen molar-refractivity contribution in [2.45, 2.75) is 20.0 Å². The van der Waals surface area contributed by atoms with E-state index in [4.69, 9.17) is 9.47 Å². The summed E-state index contributed by atoms with van der Waals surface area (Å²) < 4.78 is 25.0. The molecule has 0 saturated carbocycles. The molecule has 3 aromatic rings. The average molecular weight is 461 g/mol. The van der Waals surface area contributed by atoms with Crippen molar-refractivity contribution >= 4 is 11.1 Å². The minimum Gasteiger partial charge on any atom is -0.508 e. The number of aryl methyl sites for hydroxylation is 1. The van der Waals surface area contributed by atoms with Gasteiger partial charge in [-0.1, -0.05) is 18.2 Å². The molecule has 0 amide bonds. The van der Waals surface area contributed by atoms with E-state index in [1.165, 1.54) is 0 Å². The van der Waals surface area contributed by atoms with E-state index < -0.39 is 0 Å². The third-order valence-electron chi connectivity index (χ3n) is 6.69. The predicted octanol–water partition coefficient (Wildman–Crippen LogP) is 5.44. The van der Waals surface area contributed by atoms with E-state index in [0.29, 0.717) is 6.61 Å². The van der Waals surface area contributed by atoms with Gasteiger partial charge in [0.05, 0.1) is 6.67 Å². The Balaban J connectivity index is 1.39. The molecule has 1 aromatic heterocycles. The molecule has 0 bridgehead atoms. The maximum absolute atomic E-state index is 12.6. The van der Waals surface area contributed by atoms with E-state index in [1.54, 1.807) is 18.3 Å². The van der Waals surface area contributed by atoms with Crippen molar-refractivity contribution in [1.29, 1.82) is 0 Å². The van der Waals surface area contributed by atoms with Crippen molar-refractivity contribution < 1.29 is 19.0 Å². The zero-order chi connectivity index (χ0) is 23.7. The molecule has 1 N–H and O–H groups in total. The van der Waals surface area contributed by atoms with Crippen LogP contribution in [0.15, 0.2) is 60.8 Å². The van der Waals surface area contributed by atoms with Crippen LogP contribution in [0.2, 0.25) is 0 Å². The predicted molar refractivity (Wildman–Crippen MR) is 131 cm³/mol. The van der Waals surface area contributed by atoms with Crippen molar-refractivity contribution in [3.63, 3.8) is 0 Å². The molecule has 1 saturated heterocycles. The Morgan fingerprint density at radius 3 is 2.62 bits per heavy atom. The zero-order valence-corrected chi connectivity index (χ0v) is 19.5.